The Balaban J connectivity index is 0.000000317. The van der Waals surface area contributed by atoms with Crippen molar-refractivity contribution in [2.45, 2.75) is 38.0 Å². The molecule has 37 heavy (non-hydrogen) atoms. The third kappa shape index (κ3) is 10.2. The van der Waals surface area contributed by atoms with Crippen molar-refractivity contribution in [3.63, 3.8) is 0 Å². The maximum Gasteiger partial charge on any atom is 0.336 e. The van der Waals surface area contributed by atoms with E-state index in [4.69, 9.17) is 24.8 Å². The van der Waals surface area contributed by atoms with Crippen LogP contribution in [0.2, 0.25) is 0 Å². The predicted molar refractivity (Wildman–Crippen MR) is 135 cm³/mol. The minimum absolute atomic E-state index is 0.815. The van der Waals surface area contributed by atoms with E-state index in [0.29, 0.717) is 0 Å². The zero-order chi connectivity index (χ0) is 27.4. The first kappa shape index (κ1) is 29.7. The van der Waals surface area contributed by atoms with Crippen molar-refractivity contribution in [1.82, 2.24) is 20.0 Å². The van der Waals surface area contributed by atoms with E-state index >= 15 is 0 Å². The van der Waals surface area contributed by atoms with Gasteiger partial charge >= 0.3 is 17.9 Å². The second-order valence-corrected chi connectivity index (χ2v) is 9.62. The van der Waals surface area contributed by atoms with E-state index in [1.54, 1.807) is 17.6 Å². The highest BCUT2D eigenvalue weighted by atomic mass is 32.1. The Morgan fingerprint density at radius 1 is 1.05 bits per heavy atom. The Bertz CT molecular complexity index is 1100. The number of nitrogens with one attached hydrogen (secondary N) is 1. The van der Waals surface area contributed by atoms with Crippen molar-refractivity contribution in [3.05, 3.63) is 53.4 Å². The number of carboxylic acid groups (broad SMARTS) is 3. The molecule has 3 rings (SSSR count). The highest BCUT2D eigenvalue weighted by Gasteiger charge is 2.40. The number of carbonyl (C=O) groups is 3. The molecule has 202 valence electrons. The van der Waals surface area contributed by atoms with Crippen molar-refractivity contribution >= 4 is 29.2 Å². The first-order chi connectivity index (χ1) is 17.5. The van der Waals surface area contributed by atoms with Gasteiger partial charge in [0.25, 0.3) is 0 Å². The summed E-state index contributed by atoms with van der Waals surface area (Å²) >= 11 is 1.73. The van der Waals surface area contributed by atoms with Gasteiger partial charge in [0.1, 0.15) is 5.76 Å². The fraction of sp³-hybridized carbons (Fsp3) is 0.417. The Hall–Kier alpha value is -3.52. The Morgan fingerprint density at radius 2 is 1.76 bits per heavy atom. The molecule has 0 aliphatic rings. The molecule has 0 saturated carbocycles. The molecule has 0 unspecified atom stereocenters. The van der Waals surface area contributed by atoms with Crippen molar-refractivity contribution in [1.29, 1.82) is 0 Å². The topological polar surface area (TPSA) is 180 Å². The molecular weight excluding hydrogens is 504 g/mol. The van der Waals surface area contributed by atoms with Gasteiger partial charge in [0, 0.05) is 18.7 Å². The summed E-state index contributed by atoms with van der Waals surface area (Å²) in [5.41, 5.74) is -0.381. The van der Waals surface area contributed by atoms with E-state index in [0.717, 1.165) is 44.1 Å². The van der Waals surface area contributed by atoms with Crippen LogP contribution in [0.3, 0.4) is 0 Å². The SMILES string of the molecule is CN(C)CCCN(Cc1ccco1)Cc1cn[nH]c1-c1cccs1.O=C(O)CC(O)(CC(=O)O)C(=O)O. The summed E-state index contributed by atoms with van der Waals surface area (Å²) in [5, 5.41) is 43.3. The van der Waals surface area contributed by atoms with Crippen molar-refractivity contribution in [3.8, 4) is 10.6 Å². The lowest BCUT2D eigenvalue weighted by atomic mass is 9.96. The number of nitrogens with zero attached hydrogens (tertiary/aromatic N) is 3. The molecule has 0 saturated heterocycles. The van der Waals surface area contributed by atoms with Crippen LogP contribution in [0.4, 0.5) is 0 Å². The number of hydrogen-bond donors (Lipinski definition) is 5. The second kappa shape index (κ2) is 14.3. The Morgan fingerprint density at radius 3 is 2.27 bits per heavy atom. The first-order valence-corrected chi connectivity index (χ1v) is 12.2. The number of rotatable bonds is 14. The summed E-state index contributed by atoms with van der Waals surface area (Å²) < 4.78 is 5.54. The first-order valence-electron chi connectivity index (χ1n) is 11.3. The standard InChI is InChI=1S/C18H24N4OS.C6H8O7/c1-21(2)8-5-9-22(14-16-6-3-10-23-16)13-15-12-19-20-18(15)17-7-4-11-24-17;7-3(8)1-6(13,5(11)12)2-4(9)10/h3-4,6-7,10-12H,5,8-9,13-14H2,1-2H3,(H,19,20);13H,1-2H2,(H,7,8)(H,9,10)(H,11,12). The fourth-order valence-corrected chi connectivity index (χ4v) is 4.22. The number of aliphatic hydroxyl groups is 1. The second-order valence-electron chi connectivity index (χ2n) is 8.67. The lowest BCUT2D eigenvalue weighted by Crippen LogP contribution is -2.42. The molecule has 13 heteroatoms. The monoisotopic (exact) mass is 536 g/mol. The number of thiophene rings is 1. The van der Waals surface area contributed by atoms with Gasteiger partial charge in [-0.25, -0.2) is 4.79 Å². The Labute approximate surface area is 217 Å². The molecule has 12 nitrogen and oxygen atoms in total. The predicted octanol–water partition coefficient (Wildman–Crippen LogP) is 2.44. The van der Waals surface area contributed by atoms with E-state index in [-0.39, 0.29) is 0 Å². The van der Waals surface area contributed by atoms with Gasteiger partial charge in [0.15, 0.2) is 5.60 Å². The van der Waals surface area contributed by atoms with E-state index in [1.807, 2.05) is 18.3 Å². The zero-order valence-corrected chi connectivity index (χ0v) is 21.5. The third-order valence-corrected chi connectivity index (χ3v) is 6.09. The molecular formula is C24H32N4O8S. The van der Waals surface area contributed by atoms with E-state index < -0.39 is 36.4 Å². The number of aliphatic carboxylic acids is 3. The number of carboxylic acids is 3. The van der Waals surface area contributed by atoms with Crippen LogP contribution < -0.4 is 0 Å². The van der Waals surface area contributed by atoms with Crippen LogP contribution in [0.5, 0.6) is 0 Å². The molecule has 0 spiro atoms. The van der Waals surface area contributed by atoms with Gasteiger partial charge in [-0.2, -0.15) is 5.10 Å². The molecule has 0 fully saturated rings. The van der Waals surface area contributed by atoms with Gasteiger partial charge in [-0.3, -0.25) is 19.6 Å². The molecule has 3 aromatic heterocycles. The van der Waals surface area contributed by atoms with Gasteiger partial charge in [-0.05, 0) is 50.6 Å². The highest BCUT2D eigenvalue weighted by Crippen LogP contribution is 2.27. The number of furan rings is 1. The van der Waals surface area contributed by atoms with Crippen LogP contribution in [-0.2, 0) is 27.5 Å². The lowest BCUT2D eigenvalue weighted by Gasteiger charge is -2.22. The normalized spacial score (nSPS) is 11.4. The average Bonchev–Trinajstić information content (AvgIpc) is 3.55. The third-order valence-electron chi connectivity index (χ3n) is 5.20. The molecule has 3 aromatic rings. The van der Waals surface area contributed by atoms with Gasteiger partial charge < -0.3 is 29.7 Å². The van der Waals surface area contributed by atoms with Crippen molar-refractivity contribution in [2.75, 3.05) is 27.2 Å². The van der Waals surface area contributed by atoms with Crippen LogP contribution in [0, 0.1) is 0 Å². The smallest absolute Gasteiger partial charge is 0.336 e. The fourth-order valence-electron chi connectivity index (χ4n) is 3.47. The zero-order valence-electron chi connectivity index (χ0n) is 20.7. The maximum absolute atomic E-state index is 10.3. The summed E-state index contributed by atoms with van der Waals surface area (Å²) in [4.78, 5) is 36.4. The van der Waals surface area contributed by atoms with E-state index in [2.05, 4.69) is 51.6 Å². The lowest BCUT2D eigenvalue weighted by molar-refractivity contribution is -0.170. The number of H-pyrrole nitrogens is 1. The minimum atomic E-state index is -2.74. The van der Waals surface area contributed by atoms with Crippen LogP contribution in [0.1, 0.15) is 30.6 Å². The van der Waals surface area contributed by atoms with Crippen molar-refractivity contribution in [2.24, 2.45) is 0 Å². The molecule has 0 aliphatic carbocycles. The summed E-state index contributed by atoms with van der Waals surface area (Å²) in [7, 11) is 4.23. The molecule has 0 atom stereocenters. The summed E-state index contributed by atoms with van der Waals surface area (Å²) in [6.07, 6.45) is 2.52. The van der Waals surface area contributed by atoms with E-state index in [1.165, 1.54) is 10.4 Å². The minimum Gasteiger partial charge on any atom is -0.481 e. The van der Waals surface area contributed by atoms with Crippen LogP contribution in [0.25, 0.3) is 10.6 Å². The number of hydrogen-bond acceptors (Lipinski definition) is 9. The van der Waals surface area contributed by atoms with Crippen molar-refractivity contribution < 1.29 is 39.2 Å². The van der Waals surface area contributed by atoms with Gasteiger partial charge in [-0.15, -0.1) is 11.3 Å². The summed E-state index contributed by atoms with van der Waals surface area (Å²) in [6.45, 7) is 3.78. The van der Waals surface area contributed by atoms with Crippen LogP contribution >= 0.6 is 11.3 Å². The van der Waals surface area contributed by atoms with Crippen LogP contribution in [0.15, 0.2) is 46.5 Å². The number of aromatic amines is 1. The molecule has 5 N–H and O–H groups in total. The highest BCUT2D eigenvalue weighted by molar-refractivity contribution is 7.13. The molecule has 0 bridgehead atoms. The molecule has 0 amide bonds. The maximum atomic E-state index is 10.3. The number of aromatic nitrogens is 2. The van der Waals surface area contributed by atoms with E-state index in [9.17, 15) is 14.4 Å². The quantitative estimate of drug-likeness (QED) is 0.204. The van der Waals surface area contributed by atoms with Gasteiger partial charge in [-0.1, -0.05) is 6.07 Å². The molecule has 0 aromatic carbocycles. The molecule has 3 heterocycles. The average molecular weight is 537 g/mol. The summed E-state index contributed by atoms with van der Waals surface area (Å²) in [5.74, 6) is -4.02. The summed E-state index contributed by atoms with van der Waals surface area (Å²) in [6, 6.07) is 8.18. The molecule has 0 radical (unpaired) electrons. The largest absolute Gasteiger partial charge is 0.481 e. The van der Waals surface area contributed by atoms with Gasteiger partial charge in [0.05, 0.1) is 42.4 Å². The van der Waals surface area contributed by atoms with Gasteiger partial charge in [0.2, 0.25) is 0 Å². The molecule has 0 aliphatic heterocycles. The Kier molecular flexibility index (Phi) is 11.5. The van der Waals surface area contributed by atoms with Crippen LogP contribution in [-0.4, -0.2) is 91.1 Å².